The molecule has 0 rings (SSSR count). The van der Waals surface area contributed by atoms with E-state index in [2.05, 4.69) is 12.5 Å². The van der Waals surface area contributed by atoms with E-state index in [4.69, 9.17) is 11.2 Å². The SMILES string of the molecule is C#CCOC(=C)C. The van der Waals surface area contributed by atoms with Gasteiger partial charge in [-0.25, -0.2) is 0 Å². The highest BCUT2D eigenvalue weighted by molar-refractivity contribution is 4.86. The number of terminal acetylenes is 1. The van der Waals surface area contributed by atoms with E-state index in [-0.39, 0.29) is 0 Å². The predicted octanol–water partition coefficient (Wildman–Crippen LogP) is 1.17. The Morgan fingerprint density at radius 2 is 2.57 bits per heavy atom. The molecule has 1 heteroatoms. The molecular formula is C6H8O. The molecule has 0 N–H and O–H groups in total. The Kier molecular flexibility index (Phi) is 2.87. The van der Waals surface area contributed by atoms with E-state index in [1.807, 2.05) is 0 Å². The quantitative estimate of drug-likeness (QED) is 0.370. The molecule has 0 saturated carbocycles. The molecule has 1 nitrogen and oxygen atoms in total. The van der Waals surface area contributed by atoms with Crippen molar-refractivity contribution in [1.29, 1.82) is 0 Å². The molecule has 0 aliphatic rings. The molecular weight excluding hydrogens is 88.1 g/mol. The fourth-order valence-corrected chi connectivity index (χ4v) is 0.165. The molecule has 0 fully saturated rings. The molecule has 0 atom stereocenters. The van der Waals surface area contributed by atoms with Crippen molar-refractivity contribution in [2.75, 3.05) is 6.61 Å². The van der Waals surface area contributed by atoms with Crippen molar-refractivity contribution in [2.24, 2.45) is 0 Å². The van der Waals surface area contributed by atoms with Crippen molar-refractivity contribution in [3.63, 3.8) is 0 Å². The van der Waals surface area contributed by atoms with Gasteiger partial charge in [0.05, 0.1) is 5.76 Å². The minimum atomic E-state index is 0.329. The lowest BCUT2D eigenvalue weighted by molar-refractivity contribution is 0.258. The summed E-state index contributed by atoms with van der Waals surface area (Å²) in [5.74, 6) is 2.98. The van der Waals surface area contributed by atoms with E-state index in [0.717, 1.165) is 0 Å². The molecule has 0 aromatic heterocycles. The lowest BCUT2D eigenvalue weighted by Crippen LogP contribution is -1.84. The minimum absolute atomic E-state index is 0.329. The molecule has 0 aliphatic heterocycles. The number of allylic oxidation sites excluding steroid dienone is 1. The molecule has 0 aliphatic carbocycles. The minimum Gasteiger partial charge on any atom is -0.486 e. The molecule has 0 aromatic rings. The third-order valence-electron chi connectivity index (χ3n) is 0.402. The standard InChI is InChI=1S/C6H8O/c1-4-5-7-6(2)3/h1H,2,5H2,3H3. The van der Waals surface area contributed by atoms with Gasteiger partial charge >= 0.3 is 0 Å². The van der Waals surface area contributed by atoms with Crippen LogP contribution in [-0.2, 0) is 4.74 Å². The maximum Gasteiger partial charge on any atom is 0.148 e. The Bertz CT molecular complexity index is 97.2. The summed E-state index contributed by atoms with van der Waals surface area (Å²) in [5, 5.41) is 0. The van der Waals surface area contributed by atoms with E-state index in [0.29, 0.717) is 12.4 Å². The lowest BCUT2D eigenvalue weighted by Gasteiger charge is -1.95. The van der Waals surface area contributed by atoms with Crippen molar-refractivity contribution in [1.82, 2.24) is 0 Å². The second-order valence-corrected chi connectivity index (χ2v) is 1.19. The number of hydrogen-bond acceptors (Lipinski definition) is 1. The van der Waals surface area contributed by atoms with Crippen LogP contribution in [0.2, 0.25) is 0 Å². The molecule has 0 bridgehead atoms. The highest BCUT2D eigenvalue weighted by Gasteiger charge is 1.75. The highest BCUT2D eigenvalue weighted by atomic mass is 16.5. The van der Waals surface area contributed by atoms with E-state index in [9.17, 15) is 0 Å². The lowest BCUT2D eigenvalue weighted by atomic mass is 10.6. The van der Waals surface area contributed by atoms with Gasteiger partial charge in [0.2, 0.25) is 0 Å². The van der Waals surface area contributed by atoms with E-state index in [1.54, 1.807) is 6.92 Å². The maximum absolute atomic E-state index is 4.86. The van der Waals surface area contributed by atoms with Gasteiger partial charge in [0.1, 0.15) is 6.61 Å². The summed E-state index contributed by atoms with van der Waals surface area (Å²) in [7, 11) is 0. The monoisotopic (exact) mass is 96.1 g/mol. The van der Waals surface area contributed by atoms with Crippen LogP contribution in [0.3, 0.4) is 0 Å². The van der Waals surface area contributed by atoms with Crippen molar-refractivity contribution in [3.8, 4) is 12.3 Å². The van der Waals surface area contributed by atoms with E-state index >= 15 is 0 Å². The molecule has 0 unspecified atom stereocenters. The van der Waals surface area contributed by atoms with Gasteiger partial charge in [0.25, 0.3) is 0 Å². The third kappa shape index (κ3) is 5.10. The predicted molar refractivity (Wildman–Crippen MR) is 29.6 cm³/mol. The van der Waals surface area contributed by atoms with Crippen molar-refractivity contribution in [3.05, 3.63) is 12.3 Å². The summed E-state index contributed by atoms with van der Waals surface area (Å²) in [6, 6.07) is 0. The van der Waals surface area contributed by atoms with Gasteiger partial charge in [0.15, 0.2) is 0 Å². The maximum atomic E-state index is 4.86. The van der Waals surface area contributed by atoms with Crippen LogP contribution in [0.4, 0.5) is 0 Å². The number of rotatable bonds is 2. The topological polar surface area (TPSA) is 9.23 Å². The smallest absolute Gasteiger partial charge is 0.148 e. The zero-order chi connectivity index (χ0) is 5.70. The van der Waals surface area contributed by atoms with Gasteiger partial charge in [-0.3, -0.25) is 0 Å². The number of hydrogen-bond donors (Lipinski definition) is 0. The van der Waals surface area contributed by atoms with Crippen LogP contribution in [0.25, 0.3) is 0 Å². The van der Waals surface area contributed by atoms with Crippen LogP contribution in [0.5, 0.6) is 0 Å². The Hall–Kier alpha value is -0.900. The molecule has 0 aromatic carbocycles. The van der Waals surface area contributed by atoms with Gasteiger partial charge < -0.3 is 4.74 Å². The van der Waals surface area contributed by atoms with Crippen LogP contribution in [0.15, 0.2) is 12.3 Å². The van der Waals surface area contributed by atoms with Gasteiger partial charge in [-0.05, 0) is 6.92 Å². The third-order valence-corrected chi connectivity index (χ3v) is 0.402. The van der Waals surface area contributed by atoms with Crippen LogP contribution < -0.4 is 0 Å². The molecule has 0 saturated heterocycles. The summed E-state index contributed by atoms with van der Waals surface area (Å²) in [6.07, 6.45) is 4.86. The summed E-state index contributed by atoms with van der Waals surface area (Å²) in [4.78, 5) is 0. The average Bonchev–Trinajstić information content (AvgIpc) is 1.61. The van der Waals surface area contributed by atoms with E-state index < -0.39 is 0 Å². The van der Waals surface area contributed by atoms with Crippen molar-refractivity contribution in [2.45, 2.75) is 6.92 Å². The molecule has 0 spiro atoms. The first kappa shape index (κ1) is 6.10. The Morgan fingerprint density at radius 1 is 2.00 bits per heavy atom. The zero-order valence-corrected chi connectivity index (χ0v) is 4.40. The summed E-state index contributed by atoms with van der Waals surface area (Å²) in [6.45, 7) is 5.56. The summed E-state index contributed by atoms with van der Waals surface area (Å²) >= 11 is 0. The molecule has 0 heterocycles. The zero-order valence-electron chi connectivity index (χ0n) is 4.40. The fourth-order valence-electron chi connectivity index (χ4n) is 0.165. The first-order valence-electron chi connectivity index (χ1n) is 1.99. The molecule has 7 heavy (non-hydrogen) atoms. The van der Waals surface area contributed by atoms with Crippen molar-refractivity contribution >= 4 is 0 Å². The van der Waals surface area contributed by atoms with Crippen LogP contribution in [0.1, 0.15) is 6.92 Å². The second kappa shape index (κ2) is 3.30. The van der Waals surface area contributed by atoms with Crippen LogP contribution in [-0.4, -0.2) is 6.61 Å². The van der Waals surface area contributed by atoms with E-state index in [1.165, 1.54) is 0 Å². The first-order valence-corrected chi connectivity index (χ1v) is 1.99. The van der Waals surface area contributed by atoms with Gasteiger partial charge in [-0.2, -0.15) is 0 Å². The largest absolute Gasteiger partial charge is 0.486 e. The highest BCUT2D eigenvalue weighted by Crippen LogP contribution is 1.85. The normalized spacial score (nSPS) is 6.86. The molecule has 0 amide bonds. The summed E-state index contributed by atoms with van der Waals surface area (Å²) < 4.78 is 4.76. The average molecular weight is 96.1 g/mol. The Labute approximate surface area is 44.0 Å². The Balaban J connectivity index is 3.02. The molecule has 38 valence electrons. The van der Waals surface area contributed by atoms with Gasteiger partial charge in [0, 0.05) is 0 Å². The second-order valence-electron chi connectivity index (χ2n) is 1.19. The van der Waals surface area contributed by atoms with Crippen molar-refractivity contribution < 1.29 is 4.74 Å². The number of ether oxygens (including phenoxy) is 1. The summed E-state index contributed by atoms with van der Waals surface area (Å²) in [5.41, 5.74) is 0. The van der Waals surface area contributed by atoms with Gasteiger partial charge in [-0.1, -0.05) is 12.5 Å². The Morgan fingerprint density at radius 3 is 2.71 bits per heavy atom. The van der Waals surface area contributed by atoms with Crippen LogP contribution >= 0.6 is 0 Å². The molecule has 0 radical (unpaired) electrons. The van der Waals surface area contributed by atoms with Crippen LogP contribution in [0, 0.1) is 12.3 Å². The van der Waals surface area contributed by atoms with Gasteiger partial charge in [-0.15, -0.1) is 6.42 Å². The fraction of sp³-hybridized carbons (Fsp3) is 0.333. The first-order chi connectivity index (χ1) is 3.27.